The highest BCUT2D eigenvalue weighted by molar-refractivity contribution is 5.79. The molecule has 3 rings (SSSR count). The number of piperazine rings is 1. The molecule has 1 aliphatic rings. The van der Waals surface area contributed by atoms with Crippen LogP contribution in [0.3, 0.4) is 0 Å². The summed E-state index contributed by atoms with van der Waals surface area (Å²) in [6.07, 6.45) is 4.12. The smallest absolute Gasteiger partial charge is 0.227 e. The van der Waals surface area contributed by atoms with Crippen LogP contribution in [0, 0.1) is 0 Å². The van der Waals surface area contributed by atoms with Gasteiger partial charge in [-0.05, 0) is 30.7 Å². The van der Waals surface area contributed by atoms with Crippen LogP contribution in [0.4, 0.5) is 0 Å². The lowest BCUT2D eigenvalue weighted by Crippen LogP contribution is -2.51. The molecule has 0 bridgehead atoms. The Kier molecular flexibility index (Phi) is 4.01. The van der Waals surface area contributed by atoms with Gasteiger partial charge in [-0.15, -0.1) is 0 Å². The van der Waals surface area contributed by atoms with Crippen molar-refractivity contribution < 1.29 is 4.79 Å². The van der Waals surface area contributed by atoms with Gasteiger partial charge < -0.3 is 10.2 Å². The molecule has 1 aliphatic heterocycles. The van der Waals surface area contributed by atoms with Crippen molar-refractivity contribution in [1.82, 2.24) is 20.0 Å². The zero-order valence-electron chi connectivity index (χ0n) is 12.2. The van der Waals surface area contributed by atoms with Crippen LogP contribution in [0.5, 0.6) is 0 Å². The Morgan fingerprint density at radius 1 is 1.38 bits per heavy atom. The summed E-state index contributed by atoms with van der Waals surface area (Å²) in [5.74, 6) is 0.204. The number of carbonyl (C=O) groups excluding carboxylic acids is 1. The summed E-state index contributed by atoms with van der Waals surface area (Å²) in [4.78, 5) is 14.3. The molecule has 110 valence electrons. The first-order valence-electron chi connectivity index (χ1n) is 7.32. The van der Waals surface area contributed by atoms with Crippen LogP contribution in [0.1, 0.15) is 12.5 Å². The molecule has 1 aromatic carbocycles. The Hall–Kier alpha value is -2.14. The Morgan fingerprint density at radius 2 is 2.19 bits per heavy atom. The minimum Gasteiger partial charge on any atom is -0.340 e. The van der Waals surface area contributed by atoms with Gasteiger partial charge >= 0.3 is 0 Å². The summed E-state index contributed by atoms with van der Waals surface area (Å²) in [7, 11) is 0. The Bertz CT molecular complexity index is 591. The molecule has 0 spiro atoms. The second-order valence-electron chi connectivity index (χ2n) is 5.49. The monoisotopic (exact) mass is 284 g/mol. The number of hydrogen-bond acceptors (Lipinski definition) is 3. The van der Waals surface area contributed by atoms with Crippen LogP contribution in [-0.2, 0) is 11.2 Å². The van der Waals surface area contributed by atoms with Crippen LogP contribution in [0.25, 0.3) is 5.69 Å². The molecule has 1 N–H and O–H groups in total. The molecule has 5 heteroatoms. The summed E-state index contributed by atoms with van der Waals surface area (Å²) in [6, 6.07) is 10.3. The van der Waals surface area contributed by atoms with Crippen molar-refractivity contribution in [3.63, 3.8) is 0 Å². The summed E-state index contributed by atoms with van der Waals surface area (Å²) in [5.41, 5.74) is 2.05. The molecule has 0 radical (unpaired) electrons. The summed E-state index contributed by atoms with van der Waals surface area (Å²) < 4.78 is 1.81. The molecule has 1 saturated heterocycles. The Balaban J connectivity index is 1.63. The largest absolute Gasteiger partial charge is 0.340 e. The van der Waals surface area contributed by atoms with E-state index < -0.39 is 0 Å². The fourth-order valence-electron chi connectivity index (χ4n) is 2.63. The van der Waals surface area contributed by atoms with E-state index in [1.165, 1.54) is 0 Å². The van der Waals surface area contributed by atoms with Gasteiger partial charge in [0.1, 0.15) is 0 Å². The predicted molar refractivity (Wildman–Crippen MR) is 81.3 cm³/mol. The fraction of sp³-hybridized carbons (Fsp3) is 0.375. The number of amides is 1. The lowest BCUT2D eigenvalue weighted by Gasteiger charge is -2.32. The SMILES string of the molecule is C[C@H]1CN(C(=O)Cc2ccc(-n3cccn3)cc2)CCN1. The second kappa shape index (κ2) is 6.10. The van der Waals surface area contributed by atoms with Crippen molar-refractivity contribution in [2.24, 2.45) is 0 Å². The van der Waals surface area contributed by atoms with E-state index in [1.54, 1.807) is 6.20 Å². The minimum atomic E-state index is 0.204. The maximum Gasteiger partial charge on any atom is 0.227 e. The summed E-state index contributed by atoms with van der Waals surface area (Å²) in [6.45, 7) is 4.59. The van der Waals surface area contributed by atoms with Crippen molar-refractivity contribution in [3.05, 3.63) is 48.3 Å². The van der Waals surface area contributed by atoms with Gasteiger partial charge in [0.05, 0.1) is 12.1 Å². The third-order valence-corrected chi connectivity index (χ3v) is 3.78. The van der Waals surface area contributed by atoms with Crippen molar-refractivity contribution in [2.75, 3.05) is 19.6 Å². The van der Waals surface area contributed by atoms with Gasteiger partial charge in [0.15, 0.2) is 0 Å². The van der Waals surface area contributed by atoms with E-state index in [0.29, 0.717) is 12.5 Å². The maximum atomic E-state index is 12.3. The number of rotatable bonds is 3. The first-order valence-corrected chi connectivity index (χ1v) is 7.32. The second-order valence-corrected chi connectivity index (χ2v) is 5.49. The van der Waals surface area contributed by atoms with Gasteiger partial charge in [-0.25, -0.2) is 4.68 Å². The van der Waals surface area contributed by atoms with E-state index in [1.807, 2.05) is 46.1 Å². The zero-order chi connectivity index (χ0) is 14.7. The van der Waals surface area contributed by atoms with Crippen molar-refractivity contribution >= 4 is 5.91 Å². The third kappa shape index (κ3) is 3.31. The van der Waals surface area contributed by atoms with E-state index in [0.717, 1.165) is 30.9 Å². The van der Waals surface area contributed by atoms with Crippen LogP contribution >= 0.6 is 0 Å². The average molecular weight is 284 g/mol. The van der Waals surface area contributed by atoms with E-state index in [4.69, 9.17) is 0 Å². The molecule has 1 amide bonds. The van der Waals surface area contributed by atoms with Gasteiger partial charge in [0.25, 0.3) is 0 Å². The number of hydrogen-bond donors (Lipinski definition) is 1. The highest BCUT2D eigenvalue weighted by atomic mass is 16.2. The molecule has 0 unspecified atom stereocenters. The molecule has 2 heterocycles. The van der Waals surface area contributed by atoms with E-state index in [-0.39, 0.29) is 5.91 Å². The molecule has 1 atom stereocenters. The lowest BCUT2D eigenvalue weighted by atomic mass is 10.1. The van der Waals surface area contributed by atoms with Gasteiger partial charge in [-0.2, -0.15) is 5.10 Å². The molecule has 1 aromatic heterocycles. The van der Waals surface area contributed by atoms with Gasteiger partial charge in [0.2, 0.25) is 5.91 Å². The highest BCUT2D eigenvalue weighted by Gasteiger charge is 2.20. The van der Waals surface area contributed by atoms with E-state index in [2.05, 4.69) is 17.3 Å². The molecule has 21 heavy (non-hydrogen) atoms. The summed E-state index contributed by atoms with van der Waals surface area (Å²) >= 11 is 0. The number of nitrogens with zero attached hydrogens (tertiary/aromatic N) is 3. The first kappa shape index (κ1) is 13.8. The third-order valence-electron chi connectivity index (χ3n) is 3.78. The van der Waals surface area contributed by atoms with Gasteiger partial charge in [-0.1, -0.05) is 12.1 Å². The van der Waals surface area contributed by atoms with Gasteiger partial charge in [0, 0.05) is 38.1 Å². The zero-order valence-corrected chi connectivity index (χ0v) is 12.2. The standard InChI is InChI=1S/C16H20N4O/c1-13-12-19(10-8-17-13)16(21)11-14-3-5-15(6-4-14)20-9-2-7-18-20/h2-7,9,13,17H,8,10-12H2,1H3/t13-/m0/s1. The number of carbonyl (C=O) groups is 1. The lowest BCUT2D eigenvalue weighted by molar-refractivity contribution is -0.131. The summed E-state index contributed by atoms with van der Waals surface area (Å²) in [5, 5.41) is 7.54. The molecule has 0 saturated carbocycles. The minimum absolute atomic E-state index is 0.204. The van der Waals surface area contributed by atoms with Crippen molar-refractivity contribution in [1.29, 1.82) is 0 Å². The fourth-order valence-corrected chi connectivity index (χ4v) is 2.63. The molecular weight excluding hydrogens is 264 g/mol. The van der Waals surface area contributed by atoms with Crippen molar-refractivity contribution in [3.8, 4) is 5.69 Å². The van der Waals surface area contributed by atoms with Crippen LogP contribution in [0.2, 0.25) is 0 Å². The average Bonchev–Trinajstić information content (AvgIpc) is 3.02. The Labute approximate surface area is 124 Å². The quantitative estimate of drug-likeness (QED) is 0.922. The van der Waals surface area contributed by atoms with Crippen molar-refractivity contribution in [2.45, 2.75) is 19.4 Å². The van der Waals surface area contributed by atoms with Crippen LogP contribution in [0.15, 0.2) is 42.7 Å². The number of benzene rings is 1. The number of aromatic nitrogens is 2. The Morgan fingerprint density at radius 3 is 2.86 bits per heavy atom. The number of nitrogens with one attached hydrogen (secondary N) is 1. The molecular formula is C16H20N4O. The highest BCUT2D eigenvalue weighted by Crippen LogP contribution is 2.11. The predicted octanol–water partition coefficient (Wildman–Crippen LogP) is 1.24. The van der Waals surface area contributed by atoms with E-state index >= 15 is 0 Å². The molecule has 1 fully saturated rings. The normalized spacial score (nSPS) is 18.7. The molecule has 2 aromatic rings. The first-order chi connectivity index (χ1) is 10.2. The van der Waals surface area contributed by atoms with Gasteiger partial charge in [-0.3, -0.25) is 4.79 Å². The van der Waals surface area contributed by atoms with Crippen LogP contribution in [-0.4, -0.2) is 46.3 Å². The maximum absolute atomic E-state index is 12.3. The molecule has 5 nitrogen and oxygen atoms in total. The van der Waals surface area contributed by atoms with Crippen LogP contribution < -0.4 is 5.32 Å². The topological polar surface area (TPSA) is 50.2 Å². The van der Waals surface area contributed by atoms with E-state index in [9.17, 15) is 4.79 Å². The molecule has 0 aliphatic carbocycles.